The van der Waals surface area contributed by atoms with Gasteiger partial charge in [0.2, 0.25) is 0 Å². The second kappa shape index (κ2) is 6.03. The summed E-state index contributed by atoms with van der Waals surface area (Å²) < 4.78 is 0. The fraction of sp³-hybridized carbons (Fsp3) is 0.714. The quantitative estimate of drug-likeness (QED) is 0.789. The molecule has 0 amide bonds. The number of carbonyl (C=O) groups excluding carboxylic acids is 1. The van der Waals surface area contributed by atoms with Gasteiger partial charge >= 0.3 is 5.97 Å². The molecule has 1 saturated carbocycles. The Balaban J connectivity index is 3.01. The van der Waals surface area contributed by atoms with E-state index in [2.05, 4.69) is 0 Å². The molecule has 0 saturated heterocycles. The van der Waals surface area contributed by atoms with Gasteiger partial charge in [-0.05, 0) is 32.3 Å². The van der Waals surface area contributed by atoms with Crippen LogP contribution in [0.3, 0.4) is 0 Å². The van der Waals surface area contributed by atoms with Crippen LogP contribution in [0.5, 0.6) is 0 Å². The van der Waals surface area contributed by atoms with Crippen LogP contribution >= 0.6 is 0 Å². The molecule has 0 heterocycles. The van der Waals surface area contributed by atoms with Crippen LogP contribution in [0.15, 0.2) is 11.3 Å². The van der Waals surface area contributed by atoms with Crippen LogP contribution in [-0.4, -0.2) is 16.9 Å². The van der Waals surface area contributed by atoms with E-state index < -0.39 is 11.4 Å². The average Bonchev–Trinajstić information content (AvgIpc) is 2.27. The molecule has 4 heteroatoms. The van der Waals surface area contributed by atoms with E-state index in [0.29, 0.717) is 12.1 Å². The third-order valence-electron chi connectivity index (χ3n) is 3.85. The molecule has 1 aliphatic carbocycles. The lowest BCUT2D eigenvalue weighted by Gasteiger charge is -2.37. The molecule has 0 atom stereocenters. The highest BCUT2D eigenvalue weighted by atomic mass is 16.4. The standard InChI is InChI=1S/C14H23NO3/c1-10(8-11(2)16)13(15)14(9-12(17)18)6-4-3-5-7-14/h3-9,15H2,1-2H3,(H,17,18). The van der Waals surface area contributed by atoms with Gasteiger partial charge in [-0.1, -0.05) is 19.3 Å². The molecule has 1 fully saturated rings. The van der Waals surface area contributed by atoms with Crippen molar-refractivity contribution < 1.29 is 14.7 Å². The predicted molar refractivity (Wildman–Crippen MR) is 70.0 cm³/mol. The van der Waals surface area contributed by atoms with Gasteiger partial charge in [-0.2, -0.15) is 0 Å². The van der Waals surface area contributed by atoms with Crippen molar-refractivity contribution >= 4 is 11.8 Å². The maximum atomic E-state index is 11.2. The predicted octanol–water partition coefficient (Wildman–Crippen LogP) is 2.62. The number of hydrogen-bond donors (Lipinski definition) is 2. The van der Waals surface area contributed by atoms with E-state index >= 15 is 0 Å². The van der Waals surface area contributed by atoms with Gasteiger partial charge in [-0.15, -0.1) is 0 Å². The molecule has 3 N–H and O–H groups in total. The Hall–Kier alpha value is -1.32. The first-order valence-corrected chi connectivity index (χ1v) is 6.54. The first-order chi connectivity index (χ1) is 8.37. The first kappa shape index (κ1) is 14.7. The third-order valence-corrected chi connectivity index (χ3v) is 3.85. The van der Waals surface area contributed by atoms with Gasteiger partial charge < -0.3 is 10.8 Å². The number of carbonyl (C=O) groups is 2. The van der Waals surface area contributed by atoms with Gasteiger partial charge in [0.05, 0.1) is 6.42 Å². The van der Waals surface area contributed by atoms with Crippen LogP contribution in [-0.2, 0) is 9.59 Å². The van der Waals surface area contributed by atoms with Crippen molar-refractivity contribution in [2.45, 2.75) is 58.8 Å². The lowest BCUT2D eigenvalue weighted by atomic mass is 9.68. The number of allylic oxidation sites excluding steroid dienone is 2. The van der Waals surface area contributed by atoms with E-state index in [9.17, 15) is 9.59 Å². The summed E-state index contributed by atoms with van der Waals surface area (Å²) in [5.41, 5.74) is 7.24. The lowest BCUT2D eigenvalue weighted by molar-refractivity contribution is -0.139. The first-order valence-electron chi connectivity index (χ1n) is 6.54. The second-order valence-electron chi connectivity index (χ2n) is 5.48. The highest BCUT2D eigenvalue weighted by Gasteiger charge is 2.37. The van der Waals surface area contributed by atoms with E-state index in [4.69, 9.17) is 10.8 Å². The van der Waals surface area contributed by atoms with Gasteiger partial charge in [0.15, 0.2) is 0 Å². The lowest BCUT2D eigenvalue weighted by Crippen LogP contribution is -2.34. The van der Waals surface area contributed by atoms with Crippen molar-refractivity contribution in [3.8, 4) is 0 Å². The highest BCUT2D eigenvalue weighted by Crippen LogP contribution is 2.44. The van der Waals surface area contributed by atoms with Gasteiger partial charge in [0, 0.05) is 17.5 Å². The summed E-state index contributed by atoms with van der Waals surface area (Å²) >= 11 is 0. The number of nitrogens with two attached hydrogens (primary N) is 1. The molecule has 1 rings (SSSR count). The van der Waals surface area contributed by atoms with Gasteiger partial charge in [0.1, 0.15) is 5.78 Å². The van der Waals surface area contributed by atoms with Gasteiger partial charge in [-0.3, -0.25) is 9.59 Å². The second-order valence-corrected chi connectivity index (χ2v) is 5.48. The van der Waals surface area contributed by atoms with E-state index in [1.807, 2.05) is 6.92 Å². The van der Waals surface area contributed by atoms with Crippen molar-refractivity contribution in [1.82, 2.24) is 0 Å². The Labute approximate surface area is 108 Å². The number of hydrogen-bond acceptors (Lipinski definition) is 3. The average molecular weight is 253 g/mol. The molecule has 0 aliphatic heterocycles. The van der Waals surface area contributed by atoms with Gasteiger partial charge in [0.25, 0.3) is 0 Å². The van der Waals surface area contributed by atoms with Crippen molar-refractivity contribution in [2.75, 3.05) is 0 Å². The van der Waals surface area contributed by atoms with Crippen molar-refractivity contribution in [3.63, 3.8) is 0 Å². The molecule has 0 spiro atoms. The minimum atomic E-state index is -0.810. The monoisotopic (exact) mass is 253 g/mol. The minimum absolute atomic E-state index is 0.0664. The van der Waals surface area contributed by atoms with Crippen LogP contribution < -0.4 is 5.73 Å². The van der Waals surface area contributed by atoms with Crippen molar-refractivity contribution in [3.05, 3.63) is 11.3 Å². The maximum Gasteiger partial charge on any atom is 0.304 e. The fourth-order valence-corrected chi connectivity index (χ4v) is 2.98. The van der Waals surface area contributed by atoms with Crippen molar-refractivity contribution in [2.24, 2.45) is 11.1 Å². The zero-order valence-corrected chi connectivity index (χ0v) is 11.3. The number of carboxylic acids is 1. The Kier molecular flexibility index (Phi) is 4.93. The largest absolute Gasteiger partial charge is 0.481 e. The summed E-state index contributed by atoms with van der Waals surface area (Å²) in [7, 11) is 0. The molecule has 0 bridgehead atoms. The number of rotatable bonds is 5. The smallest absolute Gasteiger partial charge is 0.304 e. The topological polar surface area (TPSA) is 80.4 Å². The molecule has 0 aromatic rings. The SMILES string of the molecule is CC(=O)CC(C)=C(N)C1(CC(=O)O)CCCCC1. The van der Waals surface area contributed by atoms with E-state index in [1.54, 1.807) is 0 Å². The molecule has 0 unspecified atom stereocenters. The van der Waals surface area contributed by atoms with Crippen LogP contribution in [0.25, 0.3) is 0 Å². The summed E-state index contributed by atoms with van der Waals surface area (Å²) in [6.07, 6.45) is 5.21. The molecule has 4 nitrogen and oxygen atoms in total. The molecular formula is C14H23NO3. The number of ketones is 1. The summed E-state index contributed by atoms with van der Waals surface area (Å²) in [6.45, 7) is 3.37. The Morgan fingerprint density at radius 2 is 1.72 bits per heavy atom. The zero-order chi connectivity index (χ0) is 13.8. The molecule has 0 aromatic heterocycles. The Morgan fingerprint density at radius 1 is 1.17 bits per heavy atom. The molecule has 18 heavy (non-hydrogen) atoms. The fourth-order valence-electron chi connectivity index (χ4n) is 2.98. The number of Topliss-reactive ketones (excluding diaryl/α,β-unsaturated/α-hetero) is 1. The normalized spacial score (nSPS) is 20.1. The maximum absolute atomic E-state index is 11.2. The van der Waals surface area contributed by atoms with Crippen LogP contribution in [0, 0.1) is 5.41 Å². The molecule has 0 radical (unpaired) electrons. The molecular weight excluding hydrogens is 230 g/mol. The van der Waals surface area contributed by atoms with Crippen LogP contribution in [0.1, 0.15) is 58.8 Å². The van der Waals surface area contributed by atoms with Crippen LogP contribution in [0.2, 0.25) is 0 Å². The highest BCUT2D eigenvalue weighted by molar-refractivity contribution is 5.78. The van der Waals surface area contributed by atoms with E-state index in [1.165, 1.54) is 6.92 Å². The van der Waals surface area contributed by atoms with Gasteiger partial charge in [-0.25, -0.2) is 0 Å². The van der Waals surface area contributed by atoms with E-state index in [-0.39, 0.29) is 12.2 Å². The Morgan fingerprint density at radius 3 is 2.17 bits per heavy atom. The third kappa shape index (κ3) is 3.59. The summed E-state index contributed by atoms with van der Waals surface area (Å²) in [5.74, 6) is -0.743. The van der Waals surface area contributed by atoms with E-state index in [0.717, 1.165) is 37.7 Å². The minimum Gasteiger partial charge on any atom is -0.481 e. The summed E-state index contributed by atoms with van der Waals surface area (Å²) in [6, 6.07) is 0. The number of aliphatic carboxylic acids is 1. The zero-order valence-electron chi connectivity index (χ0n) is 11.3. The summed E-state index contributed by atoms with van der Waals surface area (Å²) in [5, 5.41) is 9.10. The van der Waals surface area contributed by atoms with Crippen molar-refractivity contribution in [1.29, 1.82) is 0 Å². The molecule has 1 aliphatic rings. The molecule has 102 valence electrons. The summed E-state index contributed by atoms with van der Waals surface area (Å²) in [4.78, 5) is 22.2. The van der Waals surface area contributed by atoms with Crippen LogP contribution in [0.4, 0.5) is 0 Å². The number of carboxylic acid groups (broad SMARTS) is 1. The Bertz CT molecular complexity index is 365. The molecule has 0 aromatic carbocycles.